The summed E-state index contributed by atoms with van der Waals surface area (Å²) in [5, 5.41) is 16.1. The normalized spacial score (nSPS) is 8.16. The van der Waals surface area contributed by atoms with Crippen LogP contribution in [0.1, 0.15) is 50.7 Å². The summed E-state index contributed by atoms with van der Waals surface area (Å²) in [5.41, 5.74) is 2.14. The summed E-state index contributed by atoms with van der Waals surface area (Å²) >= 11 is 0. The molecule has 2 rings (SSSR count). The molecule has 0 aliphatic heterocycles. The van der Waals surface area contributed by atoms with Crippen LogP contribution in [0.2, 0.25) is 0 Å². The molecule has 0 bridgehead atoms. The zero-order valence-electron chi connectivity index (χ0n) is 15.8. The van der Waals surface area contributed by atoms with E-state index >= 15 is 0 Å². The fourth-order valence-corrected chi connectivity index (χ4v) is 1.27. The van der Waals surface area contributed by atoms with Crippen LogP contribution >= 0.6 is 0 Å². The third-order valence-corrected chi connectivity index (χ3v) is 2.71. The molecule has 0 saturated heterocycles. The monoisotopic (exact) mass is 378 g/mol. The van der Waals surface area contributed by atoms with Gasteiger partial charge >= 0.3 is 21.7 Å². The second-order valence-electron chi connectivity index (χ2n) is 5.13. The van der Waals surface area contributed by atoms with Crippen molar-refractivity contribution >= 4 is 0 Å². The van der Waals surface area contributed by atoms with Crippen LogP contribution in [0.4, 0.5) is 0 Å². The van der Waals surface area contributed by atoms with Crippen molar-refractivity contribution in [3.8, 4) is 0 Å². The molecule has 2 N–H and O–H groups in total. The first kappa shape index (κ1) is 28.6. The fraction of sp³-hybridized carbons (Fsp3) is 0.364. The van der Waals surface area contributed by atoms with Gasteiger partial charge in [-0.15, -0.1) is 24.3 Å². The molecule has 0 radical (unpaired) electrons. The molecule has 0 aliphatic carbocycles. The molecular formula is C22H34O2Ti. The largest absolute Gasteiger partial charge is 2.00 e. The molecule has 0 saturated carbocycles. The average Bonchev–Trinajstić information content (AvgIpc) is 2.59. The van der Waals surface area contributed by atoms with E-state index in [-0.39, 0.29) is 21.7 Å². The van der Waals surface area contributed by atoms with Crippen molar-refractivity contribution in [2.75, 3.05) is 13.2 Å². The standard InChI is InChI=1S/2C7H7.2C4H10O.Ti/c2*1-7-5-3-2-4-6-7;2*1-2-3-4-5;/h2*2-6H,1H2;2*5H,2-4H2,1H3;/q2*-1;;;+2. The van der Waals surface area contributed by atoms with Crippen LogP contribution < -0.4 is 0 Å². The third kappa shape index (κ3) is 27.9. The predicted octanol–water partition coefficient (Wildman–Crippen LogP) is 5.29. The summed E-state index contributed by atoms with van der Waals surface area (Å²) in [4.78, 5) is 0. The van der Waals surface area contributed by atoms with Gasteiger partial charge in [0.1, 0.15) is 0 Å². The van der Waals surface area contributed by atoms with E-state index < -0.39 is 0 Å². The van der Waals surface area contributed by atoms with Crippen LogP contribution in [0.5, 0.6) is 0 Å². The molecule has 0 spiro atoms. The number of hydrogen-bond acceptors (Lipinski definition) is 2. The van der Waals surface area contributed by atoms with Crippen molar-refractivity contribution in [3.63, 3.8) is 0 Å². The number of benzene rings is 2. The van der Waals surface area contributed by atoms with Crippen LogP contribution in [0.15, 0.2) is 60.7 Å². The van der Waals surface area contributed by atoms with Crippen LogP contribution in [-0.2, 0) is 21.7 Å². The molecule has 25 heavy (non-hydrogen) atoms. The maximum Gasteiger partial charge on any atom is 2.00 e. The van der Waals surface area contributed by atoms with Gasteiger partial charge in [0.05, 0.1) is 0 Å². The van der Waals surface area contributed by atoms with Gasteiger partial charge in [0, 0.05) is 13.2 Å². The Morgan fingerprint density at radius 1 is 0.640 bits per heavy atom. The molecule has 0 atom stereocenters. The van der Waals surface area contributed by atoms with Gasteiger partial charge in [0.15, 0.2) is 0 Å². The predicted molar refractivity (Wildman–Crippen MR) is 106 cm³/mol. The van der Waals surface area contributed by atoms with E-state index in [0.29, 0.717) is 13.2 Å². The molecular weight excluding hydrogens is 344 g/mol. The SMILES string of the molecule is CCCCO.CCCCO.[CH2-]c1ccccc1.[CH2-]c1ccccc1.[Ti+2]. The number of aliphatic hydroxyl groups excluding tert-OH is 2. The Balaban J connectivity index is -0.000000259. The Kier molecular flexibility index (Phi) is 28.7. The molecule has 2 nitrogen and oxygen atoms in total. The first-order valence-electron chi connectivity index (χ1n) is 8.58. The molecule has 0 heterocycles. The number of hydrogen-bond donors (Lipinski definition) is 2. The van der Waals surface area contributed by atoms with Gasteiger partial charge in [0.25, 0.3) is 0 Å². The van der Waals surface area contributed by atoms with Crippen LogP contribution in [0, 0.1) is 13.8 Å². The van der Waals surface area contributed by atoms with E-state index in [1.54, 1.807) is 0 Å². The van der Waals surface area contributed by atoms with Crippen LogP contribution in [-0.4, -0.2) is 23.4 Å². The first-order chi connectivity index (χ1) is 11.6. The van der Waals surface area contributed by atoms with Crippen LogP contribution in [0.3, 0.4) is 0 Å². The van der Waals surface area contributed by atoms with Gasteiger partial charge in [-0.25, -0.2) is 0 Å². The molecule has 0 aliphatic rings. The average molecular weight is 378 g/mol. The van der Waals surface area contributed by atoms with Gasteiger partial charge in [-0.3, -0.25) is 0 Å². The van der Waals surface area contributed by atoms with Crippen molar-refractivity contribution in [2.24, 2.45) is 0 Å². The van der Waals surface area contributed by atoms with Gasteiger partial charge in [0.2, 0.25) is 0 Å². The van der Waals surface area contributed by atoms with E-state index in [1.165, 1.54) is 0 Å². The topological polar surface area (TPSA) is 40.5 Å². The molecule has 0 amide bonds. The van der Waals surface area contributed by atoms with Crippen molar-refractivity contribution < 1.29 is 31.9 Å². The van der Waals surface area contributed by atoms with E-state index in [4.69, 9.17) is 10.2 Å². The Bertz CT molecular complexity index is 385. The zero-order chi connectivity index (χ0) is 18.5. The minimum absolute atomic E-state index is 0. The Hall–Kier alpha value is -1.19. The second-order valence-corrected chi connectivity index (χ2v) is 5.13. The van der Waals surface area contributed by atoms with E-state index in [9.17, 15) is 0 Å². The Morgan fingerprint density at radius 2 is 0.920 bits per heavy atom. The second kappa shape index (κ2) is 25.1. The van der Waals surface area contributed by atoms with Gasteiger partial charge < -0.3 is 10.2 Å². The minimum atomic E-state index is 0. The molecule has 0 fully saturated rings. The van der Waals surface area contributed by atoms with Gasteiger partial charge in [-0.1, -0.05) is 38.8 Å². The molecule has 2 aromatic rings. The summed E-state index contributed by atoms with van der Waals surface area (Å²) < 4.78 is 0. The Labute approximate surface area is 170 Å². The summed E-state index contributed by atoms with van der Waals surface area (Å²) in [6.07, 6.45) is 4.08. The quantitative estimate of drug-likeness (QED) is 0.560. The van der Waals surface area contributed by atoms with Crippen molar-refractivity contribution in [2.45, 2.75) is 39.5 Å². The molecule has 2 aromatic carbocycles. The zero-order valence-corrected chi connectivity index (χ0v) is 17.4. The summed E-state index contributed by atoms with van der Waals surface area (Å²) in [6, 6.07) is 19.7. The molecule has 0 unspecified atom stereocenters. The maximum atomic E-state index is 8.07. The van der Waals surface area contributed by atoms with E-state index in [2.05, 4.69) is 27.7 Å². The Morgan fingerprint density at radius 3 is 1.00 bits per heavy atom. The summed E-state index contributed by atoms with van der Waals surface area (Å²) in [7, 11) is 0. The molecule has 3 heteroatoms. The first-order valence-corrected chi connectivity index (χ1v) is 8.58. The van der Waals surface area contributed by atoms with E-state index in [0.717, 1.165) is 36.8 Å². The molecule has 0 aromatic heterocycles. The number of aliphatic hydroxyl groups is 2. The number of rotatable bonds is 4. The van der Waals surface area contributed by atoms with Crippen molar-refractivity contribution in [1.29, 1.82) is 0 Å². The number of unbranched alkanes of at least 4 members (excludes halogenated alkanes) is 2. The third-order valence-electron chi connectivity index (χ3n) is 2.71. The van der Waals surface area contributed by atoms with Crippen molar-refractivity contribution in [1.82, 2.24) is 0 Å². The minimum Gasteiger partial charge on any atom is -0.396 e. The summed E-state index contributed by atoms with van der Waals surface area (Å²) in [6.45, 7) is 12.2. The van der Waals surface area contributed by atoms with Crippen LogP contribution in [0.25, 0.3) is 0 Å². The van der Waals surface area contributed by atoms with Gasteiger partial charge in [-0.2, -0.15) is 49.2 Å². The van der Waals surface area contributed by atoms with E-state index in [1.807, 2.05) is 60.7 Å². The molecule has 138 valence electrons. The van der Waals surface area contributed by atoms with Crippen molar-refractivity contribution in [3.05, 3.63) is 85.6 Å². The fourth-order valence-electron chi connectivity index (χ4n) is 1.27. The summed E-state index contributed by atoms with van der Waals surface area (Å²) in [5.74, 6) is 0. The smallest absolute Gasteiger partial charge is 0.396 e. The van der Waals surface area contributed by atoms with Gasteiger partial charge in [-0.05, 0) is 12.8 Å². The maximum absolute atomic E-state index is 8.07.